The summed E-state index contributed by atoms with van der Waals surface area (Å²) in [4.78, 5) is 0. The Morgan fingerprint density at radius 1 is 1.12 bits per heavy atom. The molecule has 0 saturated carbocycles. The van der Waals surface area contributed by atoms with Crippen LogP contribution in [0.3, 0.4) is 0 Å². The third-order valence-corrected chi connectivity index (χ3v) is 6.58. The zero-order valence-corrected chi connectivity index (χ0v) is 12.0. The van der Waals surface area contributed by atoms with Gasteiger partial charge in [-0.05, 0) is 0 Å². The van der Waals surface area contributed by atoms with Crippen LogP contribution >= 0.6 is 0 Å². The number of ether oxygens (including phenoxy) is 1. The zero-order chi connectivity index (χ0) is 11.7. The van der Waals surface area contributed by atoms with E-state index in [4.69, 9.17) is 4.74 Å². The van der Waals surface area contributed by atoms with Gasteiger partial charge in [0.25, 0.3) is 0 Å². The first-order valence-electron chi connectivity index (χ1n) is 6.37. The summed E-state index contributed by atoms with van der Waals surface area (Å²) in [5.41, 5.74) is 3.29. The van der Waals surface area contributed by atoms with Gasteiger partial charge in [-0.25, -0.2) is 0 Å². The van der Waals surface area contributed by atoms with Crippen molar-refractivity contribution in [2.45, 2.75) is 36.9 Å². The van der Waals surface area contributed by atoms with E-state index in [0.29, 0.717) is 0 Å². The molecular weight excluding hydrogens is 275 g/mol. The van der Waals surface area contributed by atoms with Crippen molar-refractivity contribution in [2.75, 3.05) is 7.11 Å². The molecule has 2 heteroatoms. The van der Waals surface area contributed by atoms with Crippen LogP contribution in [0.2, 0.25) is 5.32 Å². The van der Waals surface area contributed by atoms with Crippen molar-refractivity contribution in [2.24, 2.45) is 0 Å². The molecule has 0 fully saturated rings. The molecule has 17 heavy (non-hydrogen) atoms. The standard InChI is InChI=1S/C15H18OSe/c1-16-12-8-6-11(7-9-12)14-10-17-15-5-3-2-4-13(14)15/h6-9,14H,2-5,10H2,1H3. The van der Waals surface area contributed by atoms with E-state index < -0.39 is 0 Å². The van der Waals surface area contributed by atoms with Crippen molar-refractivity contribution in [3.8, 4) is 5.75 Å². The first-order valence-corrected chi connectivity index (χ1v) is 8.44. The van der Waals surface area contributed by atoms with Gasteiger partial charge in [-0.1, -0.05) is 0 Å². The molecule has 1 aliphatic carbocycles. The van der Waals surface area contributed by atoms with E-state index in [1.165, 1.54) is 36.6 Å². The van der Waals surface area contributed by atoms with Crippen LogP contribution in [0.5, 0.6) is 5.75 Å². The Kier molecular flexibility index (Phi) is 3.26. The van der Waals surface area contributed by atoms with E-state index >= 15 is 0 Å². The number of methoxy groups -OCH3 is 1. The van der Waals surface area contributed by atoms with Crippen molar-refractivity contribution in [1.82, 2.24) is 0 Å². The third kappa shape index (κ3) is 2.16. The van der Waals surface area contributed by atoms with Gasteiger partial charge in [-0.2, -0.15) is 0 Å². The van der Waals surface area contributed by atoms with Crippen molar-refractivity contribution in [3.63, 3.8) is 0 Å². The van der Waals surface area contributed by atoms with Crippen molar-refractivity contribution in [3.05, 3.63) is 39.9 Å². The SMILES string of the molecule is COc1ccc(C2C[Se]C3=C2CCCC3)cc1. The zero-order valence-electron chi connectivity index (χ0n) is 10.2. The van der Waals surface area contributed by atoms with Crippen LogP contribution in [-0.4, -0.2) is 22.1 Å². The average Bonchev–Trinajstić information content (AvgIpc) is 2.83. The maximum absolute atomic E-state index is 5.23. The van der Waals surface area contributed by atoms with Gasteiger partial charge in [0.15, 0.2) is 0 Å². The Bertz CT molecular complexity index is 433. The van der Waals surface area contributed by atoms with E-state index in [2.05, 4.69) is 24.3 Å². The van der Waals surface area contributed by atoms with Gasteiger partial charge in [0.2, 0.25) is 0 Å². The molecule has 1 aliphatic heterocycles. The summed E-state index contributed by atoms with van der Waals surface area (Å²) in [6, 6.07) is 8.71. The van der Waals surface area contributed by atoms with Crippen LogP contribution in [0.25, 0.3) is 0 Å². The van der Waals surface area contributed by atoms with E-state index in [1.807, 2.05) is 4.47 Å². The number of allylic oxidation sites excluding steroid dienone is 2. The fourth-order valence-electron chi connectivity index (χ4n) is 2.85. The number of rotatable bonds is 2. The molecule has 1 unspecified atom stereocenters. The Labute approximate surface area is 109 Å². The van der Waals surface area contributed by atoms with Gasteiger partial charge in [0, 0.05) is 0 Å². The molecule has 0 aromatic heterocycles. The number of hydrogen-bond acceptors (Lipinski definition) is 1. The summed E-state index contributed by atoms with van der Waals surface area (Å²) < 4.78 is 7.07. The Balaban J connectivity index is 1.86. The Morgan fingerprint density at radius 2 is 1.88 bits per heavy atom. The second-order valence-electron chi connectivity index (χ2n) is 4.79. The first kappa shape index (κ1) is 11.4. The Morgan fingerprint density at radius 3 is 2.65 bits per heavy atom. The molecular formula is C15H18OSe. The predicted molar refractivity (Wildman–Crippen MR) is 71.8 cm³/mol. The summed E-state index contributed by atoms with van der Waals surface area (Å²) in [6.07, 6.45) is 5.58. The van der Waals surface area contributed by atoms with Gasteiger partial charge in [0.05, 0.1) is 0 Å². The first-order chi connectivity index (χ1) is 8.38. The minimum absolute atomic E-state index is 0.733. The molecule has 0 saturated heterocycles. The molecule has 0 N–H and O–H groups in total. The van der Waals surface area contributed by atoms with Crippen molar-refractivity contribution >= 4 is 15.0 Å². The quantitative estimate of drug-likeness (QED) is 0.755. The fourth-order valence-corrected chi connectivity index (χ4v) is 5.96. The summed E-state index contributed by atoms with van der Waals surface area (Å²) in [7, 11) is 1.73. The van der Waals surface area contributed by atoms with Crippen molar-refractivity contribution < 1.29 is 4.74 Å². The minimum atomic E-state index is 0.733. The molecule has 1 heterocycles. The van der Waals surface area contributed by atoms with Crippen LogP contribution in [0.4, 0.5) is 0 Å². The molecule has 1 atom stereocenters. The maximum atomic E-state index is 5.23. The van der Waals surface area contributed by atoms with Gasteiger partial charge in [-0.15, -0.1) is 0 Å². The molecule has 0 radical (unpaired) electrons. The molecule has 0 amide bonds. The molecule has 2 aliphatic rings. The predicted octanol–water partition coefficient (Wildman–Crippen LogP) is 3.74. The second-order valence-corrected chi connectivity index (χ2v) is 7.13. The van der Waals surface area contributed by atoms with Gasteiger partial charge >= 0.3 is 109 Å². The summed E-state index contributed by atoms with van der Waals surface area (Å²) in [5, 5.41) is 1.39. The second kappa shape index (κ2) is 4.88. The summed E-state index contributed by atoms with van der Waals surface area (Å²) in [5.74, 6) is 1.70. The van der Waals surface area contributed by atoms with Crippen molar-refractivity contribution in [1.29, 1.82) is 0 Å². The van der Waals surface area contributed by atoms with Gasteiger partial charge in [0.1, 0.15) is 0 Å². The van der Waals surface area contributed by atoms with Gasteiger partial charge < -0.3 is 0 Å². The average molecular weight is 293 g/mol. The van der Waals surface area contributed by atoms with Crippen LogP contribution in [0.15, 0.2) is 34.3 Å². The van der Waals surface area contributed by atoms with E-state index in [-0.39, 0.29) is 0 Å². The van der Waals surface area contributed by atoms with E-state index in [0.717, 1.165) is 26.6 Å². The van der Waals surface area contributed by atoms with Crippen LogP contribution < -0.4 is 4.74 Å². The van der Waals surface area contributed by atoms with Crippen LogP contribution in [-0.2, 0) is 0 Å². The molecule has 1 aromatic rings. The molecule has 3 rings (SSSR count). The fraction of sp³-hybridized carbons (Fsp3) is 0.467. The van der Waals surface area contributed by atoms with E-state index in [1.54, 1.807) is 12.7 Å². The normalized spacial score (nSPS) is 23.7. The Hall–Kier alpha value is -0.721. The number of benzene rings is 1. The van der Waals surface area contributed by atoms with E-state index in [9.17, 15) is 0 Å². The van der Waals surface area contributed by atoms with Crippen LogP contribution in [0.1, 0.15) is 37.2 Å². The molecule has 1 nitrogen and oxygen atoms in total. The topological polar surface area (TPSA) is 9.23 Å². The monoisotopic (exact) mass is 294 g/mol. The van der Waals surface area contributed by atoms with Crippen LogP contribution in [0, 0.1) is 0 Å². The molecule has 0 spiro atoms. The summed E-state index contributed by atoms with van der Waals surface area (Å²) >= 11 is 0.778. The van der Waals surface area contributed by atoms with Gasteiger partial charge in [-0.3, -0.25) is 0 Å². The molecule has 1 aromatic carbocycles. The summed E-state index contributed by atoms with van der Waals surface area (Å²) in [6.45, 7) is 0. The number of hydrogen-bond donors (Lipinski definition) is 0. The molecule has 90 valence electrons. The third-order valence-electron chi connectivity index (χ3n) is 3.82. The molecule has 0 bridgehead atoms.